The minimum atomic E-state index is -0.427. The Labute approximate surface area is 132 Å². The fraction of sp³-hybridized carbons (Fsp3) is 0.833. The van der Waals surface area contributed by atoms with Crippen LogP contribution >= 0.6 is 0 Å². The van der Waals surface area contributed by atoms with E-state index in [0.29, 0.717) is 6.04 Å². The molecule has 2 aliphatic carbocycles. The van der Waals surface area contributed by atoms with Crippen LogP contribution in [0.25, 0.3) is 0 Å². The van der Waals surface area contributed by atoms with Gasteiger partial charge in [-0.15, -0.1) is 0 Å². The molecule has 2 fully saturated rings. The van der Waals surface area contributed by atoms with Crippen LogP contribution in [0.1, 0.15) is 80.0 Å². The summed E-state index contributed by atoms with van der Waals surface area (Å²) in [4.78, 5) is 0. The second-order valence-corrected chi connectivity index (χ2v) is 5.36. The van der Waals surface area contributed by atoms with E-state index in [1.165, 1.54) is 6.42 Å². The highest BCUT2D eigenvalue weighted by Gasteiger charge is 2.45. The van der Waals surface area contributed by atoms with Crippen LogP contribution in [0.2, 0.25) is 0 Å². The van der Waals surface area contributed by atoms with Gasteiger partial charge in [0.05, 0.1) is 5.69 Å². The predicted octanol–water partition coefficient (Wildman–Crippen LogP) is 6.22. The van der Waals surface area contributed by atoms with Crippen molar-refractivity contribution in [2.45, 2.75) is 87.4 Å². The molecule has 1 aromatic heterocycles. The van der Waals surface area contributed by atoms with E-state index in [1.807, 2.05) is 51.6 Å². The van der Waals surface area contributed by atoms with Gasteiger partial charge >= 0.3 is 0 Å². The van der Waals surface area contributed by atoms with Crippen molar-refractivity contribution >= 4 is 0 Å². The van der Waals surface area contributed by atoms with Crippen molar-refractivity contribution in [3.05, 3.63) is 18.0 Å². The van der Waals surface area contributed by atoms with Crippen molar-refractivity contribution in [2.75, 3.05) is 0 Å². The van der Waals surface area contributed by atoms with E-state index in [2.05, 4.69) is 18.9 Å². The maximum absolute atomic E-state index is 12.2. The van der Waals surface area contributed by atoms with E-state index in [0.717, 1.165) is 30.4 Å². The van der Waals surface area contributed by atoms with Crippen LogP contribution in [0, 0.1) is 18.8 Å². The van der Waals surface area contributed by atoms with Crippen LogP contribution in [-0.4, -0.2) is 16.0 Å². The summed E-state index contributed by atoms with van der Waals surface area (Å²) in [5.41, 5.74) is 1.09. The SMILES string of the molecule is C.CC.CC.Cc1ccn(C(C)C)n1.FC1CC2CC2C1. The second-order valence-electron chi connectivity index (χ2n) is 5.36. The van der Waals surface area contributed by atoms with E-state index in [9.17, 15) is 4.39 Å². The predicted molar refractivity (Wildman–Crippen MR) is 92.5 cm³/mol. The van der Waals surface area contributed by atoms with E-state index in [4.69, 9.17) is 0 Å². The highest BCUT2D eigenvalue weighted by molar-refractivity contribution is 4.96. The molecule has 1 aromatic rings. The van der Waals surface area contributed by atoms with Gasteiger partial charge in [0, 0.05) is 12.2 Å². The first-order valence-corrected chi connectivity index (χ1v) is 8.22. The van der Waals surface area contributed by atoms with Crippen molar-refractivity contribution in [3.63, 3.8) is 0 Å². The zero-order chi connectivity index (χ0) is 15.7. The molecule has 2 aliphatic rings. The second kappa shape index (κ2) is 11.8. The van der Waals surface area contributed by atoms with Gasteiger partial charge in [-0.3, -0.25) is 4.68 Å². The summed E-state index contributed by atoms with van der Waals surface area (Å²) in [5, 5.41) is 4.23. The Morgan fingerprint density at radius 1 is 1.10 bits per heavy atom. The van der Waals surface area contributed by atoms with Crippen LogP contribution in [-0.2, 0) is 0 Å². The first-order chi connectivity index (χ1) is 9.56. The molecule has 0 saturated heterocycles. The van der Waals surface area contributed by atoms with Crippen LogP contribution in [0.3, 0.4) is 0 Å². The molecular formula is C18H37FN2. The van der Waals surface area contributed by atoms with E-state index in [1.54, 1.807) is 0 Å². The fourth-order valence-electron chi connectivity index (χ4n) is 2.36. The Bertz CT molecular complexity index is 337. The standard InChI is InChI=1S/C7H12N2.C6H9F.2C2H6.CH4/c1-6(2)9-5-4-7(3)8-9;7-6-2-4-1-5(4)3-6;2*1-2;/h4-6H,1-3H3;4-6H,1-3H2;2*1-2H3;1H4. The molecule has 126 valence electrons. The highest BCUT2D eigenvalue weighted by atomic mass is 19.1. The van der Waals surface area contributed by atoms with E-state index < -0.39 is 6.17 Å². The number of rotatable bonds is 1. The molecule has 3 rings (SSSR count). The summed E-state index contributed by atoms with van der Waals surface area (Å²) in [6, 6.07) is 2.50. The van der Waals surface area contributed by atoms with Crippen molar-refractivity contribution in [1.82, 2.24) is 9.78 Å². The molecule has 2 unspecified atom stereocenters. The molecule has 2 nitrogen and oxygen atoms in total. The lowest BCUT2D eigenvalue weighted by Gasteiger charge is -2.02. The number of halogens is 1. The summed E-state index contributed by atoms with van der Waals surface area (Å²) in [5.74, 6) is 1.63. The van der Waals surface area contributed by atoms with Crippen LogP contribution in [0.5, 0.6) is 0 Å². The lowest BCUT2D eigenvalue weighted by Crippen LogP contribution is -2.00. The number of alkyl halides is 1. The van der Waals surface area contributed by atoms with E-state index in [-0.39, 0.29) is 7.43 Å². The lowest BCUT2D eigenvalue weighted by atomic mass is 10.2. The van der Waals surface area contributed by atoms with Gasteiger partial charge in [0.1, 0.15) is 6.17 Å². The molecule has 0 aromatic carbocycles. The largest absolute Gasteiger partial charge is 0.270 e. The third-order valence-corrected chi connectivity index (χ3v) is 3.46. The Morgan fingerprint density at radius 3 is 1.76 bits per heavy atom. The molecule has 0 radical (unpaired) electrons. The van der Waals surface area contributed by atoms with Crippen molar-refractivity contribution < 1.29 is 4.39 Å². The Balaban J connectivity index is 0. The normalized spacial score (nSPS) is 24.1. The van der Waals surface area contributed by atoms with Crippen LogP contribution in [0.4, 0.5) is 4.39 Å². The van der Waals surface area contributed by atoms with Gasteiger partial charge in [-0.25, -0.2) is 4.39 Å². The van der Waals surface area contributed by atoms with Gasteiger partial charge in [-0.05, 0) is 57.9 Å². The Hall–Kier alpha value is -0.860. The van der Waals surface area contributed by atoms with Crippen molar-refractivity contribution in [3.8, 4) is 0 Å². The number of hydrogen-bond donors (Lipinski definition) is 0. The maximum Gasteiger partial charge on any atom is 0.101 e. The molecule has 0 N–H and O–H groups in total. The zero-order valence-electron chi connectivity index (χ0n) is 14.4. The molecule has 3 heteroatoms. The molecule has 0 aliphatic heterocycles. The number of nitrogens with zero attached hydrogens (tertiary/aromatic N) is 2. The summed E-state index contributed by atoms with van der Waals surface area (Å²) >= 11 is 0. The third kappa shape index (κ3) is 8.23. The average Bonchev–Trinajstić information content (AvgIpc) is 2.87. The highest BCUT2D eigenvalue weighted by Crippen LogP contribution is 2.52. The van der Waals surface area contributed by atoms with Gasteiger partial charge in [0.2, 0.25) is 0 Å². The number of aryl methyl sites for hydroxylation is 1. The van der Waals surface area contributed by atoms with Gasteiger partial charge in [-0.1, -0.05) is 35.1 Å². The van der Waals surface area contributed by atoms with Gasteiger partial charge < -0.3 is 0 Å². The fourth-order valence-corrected chi connectivity index (χ4v) is 2.36. The van der Waals surface area contributed by atoms with Crippen molar-refractivity contribution in [2.24, 2.45) is 11.8 Å². The molecule has 0 spiro atoms. The van der Waals surface area contributed by atoms with Gasteiger partial charge in [-0.2, -0.15) is 5.10 Å². The molecule has 2 atom stereocenters. The Morgan fingerprint density at radius 2 is 1.57 bits per heavy atom. The van der Waals surface area contributed by atoms with Gasteiger partial charge in [0.25, 0.3) is 0 Å². The first kappa shape index (κ1) is 22.4. The minimum absolute atomic E-state index is 0. The zero-order valence-corrected chi connectivity index (χ0v) is 14.4. The molecule has 2 saturated carbocycles. The number of fused-ring (bicyclic) bond motifs is 1. The third-order valence-electron chi connectivity index (χ3n) is 3.46. The smallest absolute Gasteiger partial charge is 0.101 e. The first-order valence-electron chi connectivity index (χ1n) is 8.22. The molecule has 0 bridgehead atoms. The number of aromatic nitrogens is 2. The average molecular weight is 301 g/mol. The lowest BCUT2D eigenvalue weighted by molar-refractivity contribution is 0.316. The molecule has 21 heavy (non-hydrogen) atoms. The molecular weight excluding hydrogens is 263 g/mol. The summed E-state index contributed by atoms with van der Waals surface area (Å²) < 4.78 is 14.2. The molecule has 0 amide bonds. The quantitative estimate of drug-likeness (QED) is 0.602. The summed E-state index contributed by atoms with van der Waals surface area (Å²) in [6.45, 7) is 14.2. The summed E-state index contributed by atoms with van der Waals surface area (Å²) in [7, 11) is 0. The number of hydrogen-bond acceptors (Lipinski definition) is 1. The molecule has 1 heterocycles. The van der Waals surface area contributed by atoms with Crippen LogP contribution < -0.4 is 0 Å². The van der Waals surface area contributed by atoms with E-state index >= 15 is 0 Å². The summed E-state index contributed by atoms with van der Waals surface area (Å²) in [6.07, 6.45) is 4.67. The maximum atomic E-state index is 12.2. The van der Waals surface area contributed by atoms with Crippen LogP contribution in [0.15, 0.2) is 12.3 Å². The minimum Gasteiger partial charge on any atom is -0.270 e. The van der Waals surface area contributed by atoms with Gasteiger partial charge in [0.15, 0.2) is 0 Å². The monoisotopic (exact) mass is 300 g/mol. The van der Waals surface area contributed by atoms with Crippen molar-refractivity contribution in [1.29, 1.82) is 0 Å². The Kier molecular flexibility index (Phi) is 12.6. The topological polar surface area (TPSA) is 17.8 Å².